The summed E-state index contributed by atoms with van der Waals surface area (Å²) >= 11 is 0. The van der Waals surface area contributed by atoms with E-state index in [-0.39, 0.29) is 6.10 Å². The Labute approximate surface area is 229 Å². The highest BCUT2D eigenvalue weighted by Crippen LogP contribution is 2.67. The third kappa shape index (κ3) is 7.59. The van der Waals surface area contributed by atoms with Crippen molar-refractivity contribution in [2.45, 2.75) is 117 Å². The predicted octanol–water partition coefficient (Wildman–Crippen LogP) is 5.11. The quantitative estimate of drug-likeness (QED) is 0.237. The van der Waals surface area contributed by atoms with Crippen molar-refractivity contribution >= 4 is 20.8 Å². The summed E-state index contributed by atoms with van der Waals surface area (Å²) in [5, 5.41) is 20.3. The highest BCUT2D eigenvalue weighted by molar-refractivity contribution is 7.94. The molecule has 0 radical (unpaired) electrons. The smallest absolute Gasteiger partial charge is 0.393 e. The summed E-state index contributed by atoms with van der Waals surface area (Å²) in [7, 11) is -10.2. The van der Waals surface area contributed by atoms with Crippen LogP contribution >= 0.6 is 0 Å². The van der Waals surface area contributed by atoms with Gasteiger partial charge < -0.3 is 10.2 Å². The second kappa shape index (κ2) is 11.4. The molecule has 0 bridgehead atoms. The van der Waals surface area contributed by atoms with Gasteiger partial charge in [0.05, 0.1) is 11.7 Å². The van der Waals surface area contributed by atoms with Crippen LogP contribution in [0.4, 0.5) is 0 Å². The van der Waals surface area contributed by atoms with Crippen LogP contribution in [-0.4, -0.2) is 47.9 Å². The molecule has 0 spiro atoms. The fourth-order valence-electron chi connectivity index (χ4n) is 8.78. The zero-order chi connectivity index (χ0) is 28.7. The Balaban J connectivity index is 0.000000383. The molecule has 0 aromatic carbocycles. The van der Waals surface area contributed by atoms with Gasteiger partial charge in [0.2, 0.25) is 0 Å². The number of aliphatic hydroxyl groups is 2. The van der Waals surface area contributed by atoms with Gasteiger partial charge >= 0.3 is 20.8 Å². The van der Waals surface area contributed by atoms with Crippen molar-refractivity contribution in [1.29, 1.82) is 0 Å². The van der Waals surface area contributed by atoms with Crippen LogP contribution in [-0.2, 0) is 24.4 Å². The molecular formula is C27H48O9S2. The van der Waals surface area contributed by atoms with Gasteiger partial charge in [0.15, 0.2) is 0 Å². The van der Waals surface area contributed by atoms with E-state index in [0.717, 1.165) is 55.3 Å². The van der Waals surface area contributed by atoms with Crippen LogP contribution in [0, 0.1) is 40.4 Å². The SMILES string of the molecule is CC(CCCC(C)(C)O)[C@H]1CC[C@H]2[C@@H]3CC=C4C[C@@H](O)CC[C@]4(C)[C@H]3CC[C@]12C.O=S(=O)(O)OS(=O)(=O)O. The van der Waals surface area contributed by atoms with Crippen LogP contribution in [0.25, 0.3) is 0 Å². The lowest BCUT2D eigenvalue weighted by Crippen LogP contribution is -2.50. The molecule has 4 N–H and O–H groups in total. The van der Waals surface area contributed by atoms with Crippen LogP contribution in [0.3, 0.4) is 0 Å². The summed E-state index contributed by atoms with van der Waals surface area (Å²) in [5.41, 5.74) is 1.95. The fourth-order valence-corrected chi connectivity index (χ4v) is 9.65. The van der Waals surface area contributed by atoms with E-state index in [4.69, 9.17) is 9.11 Å². The van der Waals surface area contributed by atoms with E-state index < -0.39 is 26.4 Å². The van der Waals surface area contributed by atoms with Crippen molar-refractivity contribution in [1.82, 2.24) is 0 Å². The lowest BCUT2D eigenvalue weighted by Gasteiger charge is -2.58. The maximum atomic E-state index is 10.2. The molecule has 0 aliphatic heterocycles. The van der Waals surface area contributed by atoms with Crippen LogP contribution in [0.5, 0.6) is 0 Å². The predicted molar refractivity (Wildman–Crippen MR) is 145 cm³/mol. The van der Waals surface area contributed by atoms with E-state index in [1.54, 1.807) is 5.57 Å². The molecule has 222 valence electrons. The number of hydrogen-bond acceptors (Lipinski definition) is 7. The highest BCUT2D eigenvalue weighted by atomic mass is 32.3. The van der Waals surface area contributed by atoms with E-state index in [2.05, 4.69) is 30.5 Å². The zero-order valence-corrected chi connectivity index (χ0v) is 25.1. The Morgan fingerprint density at radius 2 is 1.66 bits per heavy atom. The molecule has 1 unspecified atom stereocenters. The van der Waals surface area contributed by atoms with Gasteiger partial charge in [-0.2, -0.15) is 16.8 Å². The van der Waals surface area contributed by atoms with Crippen molar-refractivity contribution in [3.63, 3.8) is 0 Å². The van der Waals surface area contributed by atoms with Gasteiger partial charge in [0, 0.05) is 0 Å². The van der Waals surface area contributed by atoms with Gasteiger partial charge in [-0.25, -0.2) is 0 Å². The largest absolute Gasteiger partial charge is 0.413 e. The molecule has 11 heteroatoms. The Bertz CT molecular complexity index is 1050. The van der Waals surface area contributed by atoms with Gasteiger partial charge in [0.1, 0.15) is 0 Å². The molecule has 3 saturated carbocycles. The molecule has 38 heavy (non-hydrogen) atoms. The first-order chi connectivity index (χ1) is 17.3. The molecule has 8 atom stereocenters. The molecule has 9 nitrogen and oxygen atoms in total. The summed E-state index contributed by atoms with van der Waals surface area (Å²) in [5.74, 6) is 4.24. The van der Waals surface area contributed by atoms with Crippen molar-refractivity contribution < 1.29 is 39.8 Å². The van der Waals surface area contributed by atoms with E-state index in [1.165, 1.54) is 44.9 Å². The molecule has 4 aliphatic carbocycles. The third-order valence-electron chi connectivity index (χ3n) is 10.5. The molecular weight excluding hydrogens is 532 g/mol. The minimum atomic E-state index is -5.12. The average molecular weight is 581 g/mol. The summed E-state index contributed by atoms with van der Waals surface area (Å²) < 4.78 is 55.6. The molecule has 4 aliphatic rings. The monoisotopic (exact) mass is 580 g/mol. The van der Waals surface area contributed by atoms with Crippen molar-refractivity contribution in [3.05, 3.63) is 11.6 Å². The second-order valence-corrected chi connectivity index (χ2v) is 15.7. The lowest BCUT2D eigenvalue weighted by atomic mass is 9.47. The topological polar surface area (TPSA) is 158 Å². The molecule has 0 amide bonds. The van der Waals surface area contributed by atoms with Crippen molar-refractivity contribution in [3.8, 4) is 0 Å². The van der Waals surface area contributed by atoms with E-state index >= 15 is 0 Å². The lowest BCUT2D eigenvalue weighted by molar-refractivity contribution is -0.0575. The summed E-state index contributed by atoms with van der Waals surface area (Å²) in [6.07, 6.45) is 15.9. The Morgan fingerprint density at radius 3 is 2.21 bits per heavy atom. The van der Waals surface area contributed by atoms with Crippen LogP contribution in [0.2, 0.25) is 0 Å². The molecule has 0 heterocycles. The first-order valence-electron chi connectivity index (χ1n) is 14.0. The summed E-state index contributed by atoms with van der Waals surface area (Å²) in [6, 6.07) is 0. The Morgan fingerprint density at radius 1 is 1.03 bits per heavy atom. The number of aliphatic hydroxyl groups excluding tert-OH is 1. The van der Waals surface area contributed by atoms with Crippen molar-refractivity contribution in [2.24, 2.45) is 40.4 Å². The third-order valence-corrected chi connectivity index (χ3v) is 11.8. The normalized spacial score (nSPS) is 38.1. The maximum absolute atomic E-state index is 10.2. The Hall–Kier alpha value is -0.560. The molecule has 0 saturated heterocycles. The van der Waals surface area contributed by atoms with Gasteiger partial charge in [-0.1, -0.05) is 45.3 Å². The van der Waals surface area contributed by atoms with E-state index in [0.29, 0.717) is 10.8 Å². The van der Waals surface area contributed by atoms with Crippen LogP contribution in [0.1, 0.15) is 105 Å². The average Bonchev–Trinajstić information content (AvgIpc) is 3.08. The second-order valence-electron chi connectivity index (χ2n) is 13.5. The van der Waals surface area contributed by atoms with Gasteiger partial charge in [0.25, 0.3) is 0 Å². The van der Waals surface area contributed by atoms with Crippen LogP contribution < -0.4 is 0 Å². The van der Waals surface area contributed by atoms with Gasteiger partial charge in [-0.15, -0.1) is 3.63 Å². The van der Waals surface area contributed by atoms with E-state index in [9.17, 15) is 27.0 Å². The minimum absolute atomic E-state index is 0.0969. The first-order valence-corrected chi connectivity index (χ1v) is 16.7. The summed E-state index contributed by atoms with van der Waals surface area (Å²) in [4.78, 5) is 0. The molecule has 4 rings (SSSR count). The van der Waals surface area contributed by atoms with Crippen LogP contribution in [0.15, 0.2) is 11.6 Å². The molecule has 3 fully saturated rings. The van der Waals surface area contributed by atoms with Gasteiger partial charge in [-0.05, 0) is 112 Å². The molecule has 0 aromatic heterocycles. The maximum Gasteiger partial charge on any atom is 0.413 e. The number of fused-ring (bicyclic) bond motifs is 5. The minimum Gasteiger partial charge on any atom is -0.393 e. The number of allylic oxidation sites excluding steroid dienone is 1. The van der Waals surface area contributed by atoms with E-state index in [1.807, 2.05) is 13.8 Å². The number of hydrogen-bond donors (Lipinski definition) is 4. The molecule has 0 aromatic rings. The zero-order valence-electron chi connectivity index (χ0n) is 23.5. The highest BCUT2D eigenvalue weighted by Gasteiger charge is 2.59. The Kier molecular flexibility index (Phi) is 9.56. The van der Waals surface area contributed by atoms with Crippen molar-refractivity contribution in [2.75, 3.05) is 0 Å². The summed E-state index contributed by atoms with van der Waals surface area (Å²) in [6.45, 7) is 11.6. The fraction of sp³-hybridized carbons (Fsp3) is 0.926. The van der Waals surface area contributed by atoms with Gasteiger partial charge in [-0.3, -0.25) is 9.11 Å². The number of rotatable bonds is 7. The standard InChI is InChI=1S/C27H46O2.H2O7S2/c1-18(7-6-14-25(2,3)29)22-10-11-23-21-9-8-19-17-20(28)12-15-26(19,4)24(21)13-16-27(22,23)5;1-8(2,3)7-9(4,5)6/h8,18,20-24,28-29H,6-7,9-17H2,1-5H3;(H,1,2,3)(H,4,5,6)/t18?,20-,21-,22+,23-,24-,26-,27+;/m0./s1. The first kappa shape index (κ1) is 32.0.